The monoisotopic (exact) mass is 490 g/mol. The number of tetrazole rings is 1. The molecular weight excluding hydrogens is 472 g/mol. The third kappa shape index (κ3) is 5.25. The number of nitrogens with one attached hydrogen (secondary N) is 1. The maximum Gasteiger partial charge on any atom is 0.271 e. The van der Waals surface area contributed by atoms with E-state index in [2.05, 4.69) is 42.0 Å². The van der Waals surface area contributed by atoms with E-state index in [-0.39, 0.29) is 5.91 Å². The summed E-state index contributed by atoms with van der Waals surface area (Å²) in [5, 5.41) is 15.3. The molecule has 0 bridgehead atoms. The van der Waals surface area contributed by atoms with Crippen molar-refractivity contribution >= 4 is 27.5 Å². The van der Waals surface area contributed by atoms with Crippen molar-refractivity contribution in [2.45, 2.75) is 13.5 Å². The third-order valence-electron chi connectivity index (χ3n) is 4.64. The second-order valence-electron chi connectivity index (χ2n) is 6.86. The molecule has 0 fully saturated rings. The summed E-state index contributed by atoms with van der Waals surface area (Å²) >= 11 is 3.46. The van der Waals surface area contributed by atoms with Crippen molar-refractivity contribution < 1.29 is 9.53 Å². The number of hydrogen-bond acceptors (Lipinski definition) is 6. The van der Waals surface area contributed by atoms with Crippen molar-refractivity contribution in [3.8, 4) is 11.4 Å². The Kier molecular flexibility index (Phi) is 6.66. The fourth-order valence-electron chi connectivity index (χ4n) is 2.92. The van der Waals surface area contributed by atoms with Gasteiger partial charge in [-0.05, 0) is 80.8 Å². The van der Waals surface area contributed by atoms with Gasteiger partial charge in [-0.15, -0.1) is 5.10 Å². The summed E-state index contributed by atoms with van der Waals surface area (Å²) in [5.74, 6) is 0.450. The van der Waals surface area contributed by atoms with Gasteiger partial charge in [0.25, 0.3) is 5.91 Å². The molecule has 0 aliphatic rings. The van der Waals surface area contributed by atoms with Crippen LogP contribution in [0.25, 0.3) is 5.69 Å². The molecule has 160 valence electrons. The first kappa shape index (κ1) is 21.4. The van der Waals surface area contributed by atoms with Gasteiger partial charge in [0.2, 0.25) is 0 Å². The fraction of sp³-hybridized carbons (Fsp3) is 0.0870. The summed E-state index contributed by atoms with van der Waals surface area (Å²) in [6.07, 6.45) is 1.52. The second kappa shape index (κ2) is 9.97. The van der Waals surface area contributed by atoms with Gasteiger partial charge in [0.15, 0.2) is 0 Å². The summed E-state index contributed by atoms with van der Waals surface area (Å²) in [6.45, 7) is 2.17. The molecule has 9 heteroatoms. The number of amides is 1. The molecule has 8 nitrogen and oxygen atoms in total. The summed E-state index contributed by atoms with van der Waals surface area (Å²) in [7, 11) is 0. The van der Waals surface area contributed by atoms with Crippen LogP contribution in [0.1, 0.15) is 28.4 Å². The van der Waals surface area contributed by atoms with Crippen molar-refractivity contribution in [1.29, 1.82) is 0 Å². The zero-order valence-corrected chi connectivity index (χ0v) is 18.7. The van der Waals surface area contributed by atoms with Gasteiger partial charge in [-0.3, -0.25) is 4.79 Å². The van der Waals surface area contributed by atoms with Gasteiger partial charge in [0.1, 0.15) is 18.7 Å². The van der Waals surface area contributed by atoms with E-state index in [1.807, 2.05) is 67.6 Å². The van der Waals surface area contributed by atoms with Crippen LogP contribution in [0.15, 0.2) is 88.7 Å². The molecule has 0 spiro atoms. The number of rotatable bonds is 7. The molecule has 0 unspecified atom stereocenters. The quantitative estimate of drug-likeness (QED) is 0.310. The van der Waals surface area contributed by atoms with Crippen LogP contribution >= 0.6 is 15.9 Å². The average molecular weight is 491 g/mol. The smallest absolute Gasteiger partial charge is 0.271 e. The van der Waals surface area contributed by atoms with Crippen LogP contribution in [-0.4, -0.2) is 31.8 Å². The second-order valence-corrected chi connectivity index (χ2v) is 7.71. The predicted octanol–water partition coefficient (Wildman–Crippen LogP) is 4.16. The molecule has 0 aliphatic carbocycles. The van der Waals surface area contributed by atoms with Crippen LogP contribution < -0.4 is 10.2 Å². The number of aromatic nitrogens is 4. The van der Waals surface area contributed by atoms with E-state index in [0.29, 0.717) is 17.9 Å². The van der Waals surface area contributed by atoms with Crippen LogP contribution in [0.5, 0.6) is 5.75 Å². The minimum absolute atomic E-state index is 0.294. The standard InChI is InChI=1S/C23H19BrN6O2/c1-16(18-9-11-20(12-10-18)30-15-25-28-29-30)26-27-23(31)19-6-4-5-17(13-19)14-32-22-8-3-2-7-21(22)24/h2-13,15H,14H2,1H3,(H,27,31). The number of benzene rings is 3. The zero-order chi connectivity index (χ0) is 22.3. The fourth-order valence-corrected chi connectivity index (χ4v) is 3.32. The molecule has 3 aromatic carbocycles. The van der Waals surface area contributed by atoms with Crippen LogP contribution in [0, 0.1) is 0 Å². The van der Waals surface area contributed by atoms with Gasteiger partial charge in [-0.1, -0.05) is 36.4 Å². The predicted molar refractivity (Wildman–Crippen MR) is 124 cm³/mol. The molecule has 4 rings (SSSR count). The normalized spacial score (nSPS) is 11.2. The first-order chi connectivity index (χ1) is 15.6. The molecule has 1 amide bonds. The van der Waals surface area contributed by atoms with Gasteiger partial charge in [0, 0.05) is 5.56 Å². The number of carbonyl (C=O) groups excluding carboxylic acids is 1. The Balaban J connectivity index is 1.38. The lowest BCUT2D eigenvalue weighted by molar-refractivity contribution is 0.0954. The van der Waals surface area contributed by atoms with Gasteiger partial charge in [0.05, 0.1) is 15.9 Å². The number of ether oxygens (including phenoxy) is 1. The van der Waals surface area contributed by atoms with Gasteiger partial charge in [-0.25, -0.2) is 10.1 Å². The van der Waals surface area contributed by atoms with Crippen LogP contribution in [0.3, 0.4) is 0 Å². The molecule has 0 aliphatic heterocycles. The minimum atomic E-state index is -0.294. The van der Waals surface area contributed by atoms with Crippen molar-refractivity contribution in [1.82, 2.24) is 25.6 Å². The average Bonchev–Trinajstić information content (AvgIpc) is 3.37. The van der Waals surface area contributed by atoms with Gasteiger partial charge in [-0.2, -0.15) is 5.10 Å². The maximum atomic E-state index is 12.6. The van der Waals surface area contributed by atoms with Gasteiger partial charge < -0.3 is 4.74 Å². The van der Waals surface area contributed by atoms with Crippen LogP contribution in [0.4, 0.5) is 0 Å². The van der Waals surface area contributed by atoms with E-state index in [1.54, 1.807) is 16.8 Å². The number of nitrogens with zero attached hydrogens (tertiary/aromatic N) is 5. The number of halogens is 1. The van der Waals surface area contributed by atoms with E-state index < -0.39 is 0 Å². The Labute approximate surface area is 193 Å². The molecule has 0 radical (unpaired) electrons. The highest BCUT2D eigenvalue weighted by atomic mass is 79.9. The molecule has 0 saturated heterocycles. The van der Waals surface area contributed by atoms with Crippen molar-refractivity contribution in [2.75, 3.05) is 0 Å². The molecule has 1 heterocycles. The lowest BCUT2D eigenvalue weighted by Crippen LogP contribution is -2.19. The highest BCUT2D eigenvalue weighted by Gasteiger charge is 2.08. The topological polar surface area (TPSA) is 94.3 Å². The summed E-state index contributed by atoms with van der Waals surface area (Å²) in [4.78, 5) is 12.6. The maximum absolute atomic E-state index is 12.6. The Morgan fingerprint density at radius 3 is 2.62 bits per heavy atom. The van der Waals surface area contributed by atoms with E-state index >= 15 is 0 Å². The zero-order valence-electron chi connectivity index (χ0n) is 17.1. The number of para-hydroxylation sites is 1. The van der Waals surface area contributed by atoms with Crippen LogP contribution in [-0.2, 0) is 6.61 Å². The Bertz CT molecular complexity index is 1240. The SMILES string of the molecule is CC(=NNC(=O)c1cccc(COc2ccccc2Br)c1)c1ccc(-n2cnnn2)cc1. The van der Waals surface area contributed by atoms with E-state index in [1.165, 1.54) is 6.33 Å². The summed E-state index contributed by atoms with van der Waals surface area (Å²) < 4.78 is 8.27. The van der Waals surface area contributed by atoms with Gasteiger partial charge >= 0.3 is 0 Å². The van der Waals surface area contributed by atoms with E-state index in [4.69, 9.17) is 4.74 Å². The Morgan fingerprint density at radius 2 is 1.88 bits per heavy atom. The summed E-state index contributed by atoms with van der Waals surface area (Å²) in [5.41, 5.74) is 6.38. The molecule has 1 aromatic heterocycles. The Morgan fingerprint density at radius 1 is 1.06 bits per heavy atom. The summed E-state index contributed by atoms with van der Waals surface area (Å²) in [6, 6.07) is 22.4. The highest BCUT2D eigenvalue weighted by Crippen LogP contribution is 2.24. The first-order valence-electron chi connectivity index (χ1n) is 9.75. The van der Waals surface area contributed by atoms with E-state index in [9.17, 15) is 4.79 Å². The minimum Gasteiger partial charge on any atom is -0.488 e. The molecule has 1 N–H and O–H groups in total. The molecule has 4 aromatic rings. The number of hydrogen-bond donors (Lipinski definition) is 1. The van der Waals surface area contributed by atoms with Crippen molar-refractivity contribution in [3.63, 3.8) is 0 Å². The molecule has 0 saturated carbocycles. The number of hydrazone groups is 1. The lowest BCUT2D eigenvalue weighted by atomic mass is 10.1. The number of carbonyl (C=O) groups is 1. The molecule has 0 atom stereocenters. The van der Waals surface area contributed by atoms with E-state index in [0.717, 1.165) is 27.0 Å². The van der Waals surface area contributed by atoms with Crippen LogP contribution in [0.2, 0.25) is 0 Å². The third-order valence-corrected chi connectivity index (χ3v) is 5.30. The first-order valence-corrected chi connectivity index (χ1v) is 10.5. The Hall–Kier alpha value is -3.85. The molecular formula is C23H19BrN6O2. The largest absolute Gasteiger partial charge is 0.488 e. The van der Waals surface area contributed by atoms with Crippen molar-refractivity contribution in [3.05, 3.63) is 100 Å². The lowest BCUT2D eigenvalue weighted by Gasteiger charge is -2.09. The highest BCUT2D eigenvalue weighted by molar-refractivity contribution is 9.10. The molecule has 32 heavy (non-hydrogen) atoms. The van der Waals surface area contributed by atoms with Crippen molar-refractivity contribution in [2.24, 2.45) is 5.10 Å².